The van der Waals surface area contributed by atoms with Crippen molar-refractivity contribution in [1.82, 2.24) is 19.1 Å². The van der Waals surface area contributed by atoms with Gasteiger partial charge in [0.2, 0.25) is 0 Å². The molecule has 0 aliphatic carbocycles. The van der Waals surface area contributed by atoms with Crippen molar-refractivity contribution in [2.75, 3.05) is 11.9 Å². The molecule has 3 atom stereocenters. The first-order valence-corrected chi connectivity index (χ1v) is 20.2. The van der Waals surface area contributed by atoms with E-state index in [1.54, 1.807) is 25.3 Å². The summed E-state index contributed by atoms with van der Waals surface area (Å²) in [6.45, 7) is 10.4. The average molecular weight is 820 g/mol. The molecular weight excluding hydrogens is 764 g/mol. The van der Waals surface area contributed by atoms with E-state index in [1.165, 1.54) is 0 Å². The van der Waals surface area contributed by atoms with Crippen molar-refractivity contribution in [3.8, 4) is 11.5 Å². The molecule has 1 aromatic rings. The fourth-order valence-electron chi connectivity index (χ4n) is 5.93. The summed E-state index contributed by atoms with van der Waals surface area (Å²) in [5.74, 6) is -2.52. The molecule has 0 bridgehead atoms. The van der Waals surface area contributed by atoms with Crippen LogP contribution in [-0.2, 0) is 51.2 Å². The zero-order valence-corrected chi connectivity index (χ0v) is 34.0. The van der Waals surface area contributed by atoms with Crippen LogP contribution >= 0.6 is 15.9 Å². The Bertz CT molecular complexity index is 1820. The topological polar surface area (TPSA) is 175 Å². The van der Waals surface area contributed by atoms with Crippen molar-refractivity contribution in [2.45, 2.75) is 150 Å². The molecule has 1 aromatic carbocycles. The molecule has 14 nitrogen and oxygen atoms in total. The Labute approximate surface area is 324 Å². The van der Waals surface area contributed by atoms with E-state index in [1.807, 2.05) is 32.9 Å². The van der Waals surface area contributed by atoms with Gasteiger partial charge in [0.15, 0.2) is 29.8 Å². The maximum Gasteiger partial charge on any atom is 0.352 e. The van der Waals surface area contributed by atoms with Crippen molar-refractivity contribution >= 4 is 50.8 Å². The molecule has 15 heteroatoms. The number of unbranched alkanes of at least 4 members (excludes halogenated alkanes) is 3. The third-order valence-electron chi connectivity index (χ3n) is 8.88. The van der Waals surface area contributed by atoms with Crippen LogP contribution in [0.25, 0.3) is 22.6 Å². The summed E-state index contributed by atoms with van der Waals surface area (Å²) >= 11 is 3.42. The lowest BCUT2D eigenvalue weighted by molar-refractivity contribution is -0.193. The largest absolute Gasteiger partial charge is 0.462 e. The molecule has 298 valence electrons. The van der Waals surface area contributed by atoms with Crippen molar-refractivity contribution in [1.29, 1.82) is 0 Å². The highest BCUT2D eigenvalue weighted by atomic mass is 79.9. The highest BCUT2D eigenvalue weighted by Crippen LogP contribution is 2.27. The van der Waals surface area contributed by atoms with Crippen molar-refractivity contribution in [2.24, 2.45) is 0 Å². The zero-order chi connectivity index (χ0) is 39.8. The summed E-state index contributed by atoms with van der Waals surface area (Å²) in [6.07, 6.45) is 1.10. The van der Waals surface area contributed by atoms with Crippen LogP contribution in [0.3, 0.4) is 0 Å². The molecule has 2 heterocycles. The lowest BCUT2D eigenvalue weighted by Gasteiger charge is -2.33. The Balaban J connectivity index is 2.31. The average Bonchev–Trinajstić information content (AvgIpc) is 3.11. The van der Waals surface area contributed by atoms with E-state index in [9.17, 15) is 28.8 Å². The van der Waals surface area contributed by atoms with E-state index in [-0.39, 0.29) is 50.3 Å². The minimum absolute atomic E-state index is 0.000851. The fourth-order valence-corrected chi connectivity index (χ4v) is 6.33. The smallest absolute Gasteiger partial charge is 0.352 e. The Morgan fingerprint density at radius 1 is 0.704 bits per heavy atom. The zero-order valence-electron chi connectivity index (χ0n) is 32.4. The number of hydrogen-bond donors (Lipinski definition) is 0. The third kappa shape index (κ3) is 12.5. The number of esters is 4. The van der Waals surface area contributed by atoms with Crippen LogP contribution in [0, 0.1) is 13.8 Å². The highest BCUT2D eigenvalue weighted by molar-refractivity contribution is 9.09. The second-order valence-electron chi connectivity index (χ2n) is 13.5. The summed E-state index contributed by atoms with van der Waals surface area (Å²) in [6, 6.07) is 3.64. The second kappa shape index (κ2) is 22.3. The normalized spacial score (nSPS) is 13.0. The number of alkyl halides is 1. The molecule has 0 aromatic heterocycles. The molecule has 0 unspecified atom stereocenters. The van der Waals surface area contributed by atoms with Gasteiger partial charge in [-0.2, -0.15) is 4.98 Å². The SMILES string of the molecule is CCCC(=O)OC[C@@H](OC(=O)CCC)[C@@H](OC(=O)CCC)[C@H](Cn1c2nc(=O)n(CCCCCCBr)c(=O)c-2nc2cc(C)c(C)cc21)OC(=O)CCC. The van der Waals surface area contributed by atoms with Crippen molar-refractivity contribution in [3.63, 3.8) is 0 Å². The van der Waals surface area contributed by atoms with Gasteiger partial charge in [-0.25, -0.2) is 9.78 Å². The number of aryl methyl sites for hydroxylation is 2. The number of carbonyl (C=O) groups is 4. The third-order valence-corrected chi connectivity index (χ3v) is 9.44. The van der Waals surface area contributed by atoms with Crippen LogP contribution in [-0.4, -0.2) is 73.2 Å². The van der Waals surface area contributed by atoms with Gasteiger partial charge in [0.25, 0.3) is 5.56 Å². The maximum atomic E-state index is 14.0. The van der Waals surface area contributed by atoms with Crippen molar-refractivity contribution in [3.05, 3.63) is 44.1 Å². The minimum atomic E-state index is -1.47. The van der Waals surface area contributed by atoms with E-state index < -0.39 is 60.0 Å². The quantitative estimate of drug-likeness (QED) is 0.0354. The van der Waals surface area contributed by atoms with E-state index in [0.717, 1.165) is 40.3 Å². The lowest BCUT2D eigenvalue weighted by Crippen LogP contribution is -2.50. The molecule has 0 saturated carbocycles. The van der Waals surface area contributed by atoms with E-state index in [2.05, 4.69) is 20.9 Å². The first-order chi connectivity index (χ1) is 25.9. The number of nitrogens with zero attached hydrogens (tertiary/aromatic N) is 4. The first kappa shape index (κ1) is 44.3. The van der Waals surface area contributed by atoms with E-state index >= 15 is 0 Å². The molecule has 0 spiro atoms. The van der Waals surface area contributed by atoms with Gasteiger partial charge in [-0.3, -0.25) is 28.5 Å². The molecule has 2 aliphatic rings. The highest BCUT2D eigenvalue weighted by Gasteiger charge is 2.40. The summed E-state index contributed by atoms with van der Waals surface area (Å²) in [5, 5.41) is 0.868. The summed E-state index contributed by atoms with van der Waals surface area (Å²) in [5.41, 5.74) is 1.22. The van der Waals surface area contributed by atoms with Crippen LogP contribution < -0.4 is 11.2 Å². The Kier molecular flexibility index (Phi) is 18.3. The van der Waals surface area contributed by atoms with Gasteiger partial charge in [0.05, 0.1) is 17.6 Å². The van der Waals surface area contributed by atoms with Crippen LogP contribution in [0.2, 0.25) is 0 Å². The Morgan fingerprint density at radius 2 is 1.26 bits per heavy atom. The summed E-state index contributed by atoms with van der Waals surface area (Å²) < 4.78 is 26.0. The number of halogens is 1. The molecule has 3 rings (SSSR count). The summed E-state index contributed by atoms with van der Waals surface area (Å²) in [7, 11) is 0. The molecule has 54 heavy (non-hydrogen) atoms. The Morgan fingerprint density at radius 3 is 1.87 bits per heavy atom. The van der Waals surface area contributed by atoms with Crippen LogP contribution in [0.15, 0.2) is 21.7 Å². The standard InChI is InChI=1S/C39H55BrN4O10/c1-7-15-31(45)51-24-30(53-33(47)17-9-3)36(54-34(48)18-10-4)29(52-32(46)16-8-2)23-44-28-22-26(6)25(5)21-27(28)41-35-37(44)42-39(50)43(38(35)49)20-14-12-11-13-19-40/h21-22,29-30,36H,7-20,23-24H2,1-6H3/t29-,30+,36-/m0/s1. The van der Waals surface area contributed by atoms with E-state index in [4.69, 9.17) is 23.9 Å². The lowest BCUT2D eigenvalue weighted by atomic mass is 10.0. The Hall–Kier alpha value is -4.14. The van der Waals surface area contributed by atoms with Gasteiger partial charge >= 0.3 is 29.6 Å². The number of benzene rings is 1. The number of hydrogen-bond acceptors (Lipinski definition) is 12. The molecular formula is C39H55BrN4O10. The van der Waals surface area contributed by atoms with Crippen LogP contribution in [0.1, 0.15) is 116 Å². The molecule has 0 saturated heterocycles. The minimum Gasteiger partial charge on any atom is -0.462 e. The van der Waals surface area contributed by atoms with Crippen LogP contribution in [0.4, 0.5) is 0 Å². The van der Waals surface area contributed by atoms with E-state index in [0.29, 0.717) is 43.1 Å². The molecule has 0 N–H and O–H groups in total. The first-order valence-electron chi connectivity index (χ1n) is 19.1. The van der Waals surface area contributed by atoms with Gasteiger partial charge in [-0.15, -0.1) is 0 Å². The fraction of sp³-hybridized carbons (Fsp3) is 0.641. The predicted molar refractivity (Wildman–Crippen MR) is 207 cm³/mol. The van der Waals surface area contributed by atoms with Crippen molar-refractivity contribution < 1.29 is 38.1 Å². The van der Waals surface area contributed by atoms with Crippen LogP contribution in [0.5, 0.6) is 0 Å². The molecule has 0 amide bonds. The number of carbonyl (C=O) groups excluding carboxylic acids is 4. The molecule has 2 aliphatic heterocycles. The summed E-state index contributed by atoms with van der Waals surface area (Å²) in [4.78, 5) is 88.6. The molecule has 0 fully saturated rings. The number of fused-ring (bicyclic) bond motifs is 2. The second-order valence-corrected chi connectivity index (χ2v) is 14.3. The number of rotatable bonds is 23. The van der Waals surface area contributed by atoms with Gasteiger partial charge in [-0.05, 0) is 75.6 Å². The van der Waals surface area contributed by atoms with Gasteiger partial charge in [-0.1, -0.05) is 56.5 Å². The van der Waals surface area contributed by atoms with Gasteiger partial charge in [0.1, 0.15) is 6.61 Å². The van der Waals surface area contributed by atoms with Gasteiger partial charge < -0.3 is 23.5 Å². The monoisotopic (exact) mass is 818 g/mol. The number of aromatic nitrogens is 4. The van der Waals surface area contributed by atoms with Gasteiger partial charge in [0, 0.05) is 37.6 Å². The number of ether oxygens (including phenoxy) is 4. The molecule has 0 radical (unpaired) electrons. The maximum absolute atomic E-state index is 14.0. The predicted octanol–water partition coefficient (Wildman–Crippen LogP) is 6.11.